The fourth-order valence-corrected chi connectivity index (χ4v) is 11.3. The number of aliphatic hydroxyl groups excluding tert-OH is 1. The molecular formula is C79H134O17P2. The molecule has 0 aromatic rings. The zero-order chi connectivity index (χ0) is 71.8. The lowest BCUT2D eigenvalue weighted by atomic mass is 10.1. The zero-order valence-electron chi connectivity index (χ0n) is 61.2. The Hall–Kier alpha value is -4.54. The van der Waals surface area contributed by atoms with Gasteiger partial charge in [0.05, 0.1) is 32.8 Å². The summed E-state index contributed by atoms with van der Waals surface area (Å²) in [6.45, 7) is 4.46. The Morgan fingerprint density at radius 1 is 0.306 bits per heavy atom. The highest BCUT2D eigenvalue weighted by Gasteiger charge is 2.30. The molecule has 0 aliphatic rings. The van der Waals surface area contributed by atoms with Gasteiger partial charge in [-0.1, -0.05) is 265 Å². The highest BCUT2D eigenvalue weighted by Crippen LogP contribution is 2.45. The topological polar surface area (TPSA) is 237 Å². The summed E-state index contributed by atoms with van der Waals surface area (Å²) in [5, 5.41) is 10.6. The van der Waals surface area contributed by atoms with Gasteiger partial charge in [-0.3, -0.25) is 37.3 Å². The SMILES string of the molecule is CC/C=C\C/C=C\C/C=C\C/C=C\C/C=C\CC(=O)OCC(COP(=O)(O)OCC(O)COP(=O)(O)OCC(COC(=O)CCCCCCCCC/C=C\C/C=C\C/C=C\CC)OC(=O)CCCCCCC/C=C\CCCC)OC(=O)CCCCCCC/C=C\CCCCCCCC. The van der Waals surface area contributed by atoms with Gasteiger partial charge in [0.1, 0.15) is 19.3 Å². The van der Waals surface area contributed by atoms with Gasteiger partial charge in [0.15, 0.2) is 12.2 Å². The molecule has 0 radical (unpaired) electrons. The first kappa shape index (κ1) is 93.5. The molecule has 98 heavy (non-hydrogen) atoms. The number of phosphoric acid groups is 2. The van der Waals surface area contributed by atoms with E-state index < -0.39 is 97.5 Å². The molecule has 0 aromatic heterocycles. The Labute approximate surface area is 593 Å². The molecule has 562 valence electrons. The van der Waals surface area contributed by atoms with E-state index in [9.17, 15) is 43.2 Å². The molecule has 0 amide bonds. The number of hydrogen-bond donors (Lipinski definition) is 3. The molecule has 0 fully saturated rings. The molecular weight excluding hydrogens is 1280 g/mol. The van der Waals surface area contributed by atoms with Crippen molar-refractivity contribution in [2.75, 3.05) is 39.6 Å². The highest BCUT2D eigenvalue weighted by molar-refractivity contribution is 7.47. The third-order valence-electron chi connectivity index (χ3n) is 15.4. The van der Waals surface area contributed by atoms with Crippen LogP contribution in [0, 0.1) is 0 Å². The molecule has 5 unspecified atom stereocenters. The van der Waals surface area contributed by atoms with Gasteiger partial charge in [-0.25, -0.2) is 9.13 Å². The van der Waals surface area contributed by atoms with Crippen LogP contribution in [0.5, 0.6) is 0 Å². The molecule has 0 saturated heterocycles. The largest absolute Gasteiger partial charge is 0.472 e. The standard InChI is InChI=1S/C79H134O17P2/c1-5-9-13-17-21-25-29-32-35-36-39-41-45-48-52-56-60-64-77(82)89-69-74(95-78(83)65-61-57-53-49-43-28-24-20-16-12-8-4)71-93-97(85,86)91-67-73(80)68-92-98(87,88)94-72-75(96-79(84)66-62-58-54-50-46-42-38-34-31-27-23-19-15-11-7-3)70-90-76(81)63-59-55-51-47-44-40-37-33-30-26-22-18-14-10-6-2/h9-10,13-14,20-22,24-26,32-35,37-38,44,47,55,59,73-75,80H,5-8,11-12,15-19,23,27-31,36,39-43,45-46,48-54,56-58,60-72H2,1-4H3,(H,85,86)(H,87,88)/b13-9-,14-10-,24-20-,25-21-,26-22-,35-32-,37-33-,38-34-,47-44-,59-55-. The van der Waals surface area contributed by atoms with E-state index in [1.165, 1.54) is 51.4 Å². The van der Waals surface area contributed by atoms with E-state index in [2.05, 4.69) is 125 Å². The molecule has 17 nitrogen and oxygen atoms in total. The maximum Gasteiger partial charge on any atom is 0.472 e. The Balaban J connectivity index is 5.40. The van der Waals surface area contributed by atoms with Gasteiger partial charge in [0.25, 0.3) is 0 Å². The number of carbonyl (C=O) groups is 4. The van der Waals surface area contributed by atoms with Gasteiger partial charge in [-0.05, 0) is 128 Å². The van der Waals surface area contributed by atoms with Gasteiger partial charge in [0, 0.05) is 19.3 Å². The minimum Gasteiger partial charge on any atom is -0.462 e. The van der Waals surface area contributed by atoms with Gasteiger partial charge in [-0.2, -0.15) is 0 Å². The Morgan fingerprint density at radius 2 is 0.582 bits per heavy atom. The van der Waals surface area contributed by atoms with Gasteiger partial charge >= 0.3 is 39.5 Å². The number of carbonyl (C=O) groups excluding carboxylic acids is 4. The summed E-state index contributed by atoms with van der Waals surface area (Å²) in [6, 6.07) is 0. The lowest BCUT2D eigenvalue weighted by molar-refractivity contribution is -0.161. The predicted molar refractivity (Wildman–Crippen MR) is 399 cm³/mol. The maximum absolute atomic E-state index is 13.1. The van der Waals surface area contributed by atoms with Crippen LogP contribution in [-0.4, -0.2) is 96.7 Å². The number of allylic oxidation sites excluding steroid dienone is 19. The minimum absolute atomic E-state index is 0.0641. The summed E-state index contributed by atoms with van der Waals surface area (Å²) >= 11 is 0. The highest BCUT2D eigenvalue weighted by atomic mass is 31.2. The monoisotopic (exact) mass is 1420 g/mol. The van der Waals surface area contributed by atoms with Crippen LogP contribution in [0.25, 0.3) is 0 Å². The van der Waals surface area contributed by atoms with E-state index >= 15 is 0 Å². The maximum atomic E-state index is 13.1. The lowest BCUT2D eigenvalue weighted by Gasteiger charge is -2.21. The normalized spacial score (nSPS) is 14.6. The first-order chi connectivity index (χ1) is 47.7. The second kappa shape index (κ2) is 70.9. The molecule has 0 spiro atoms. The summed E-state index contributed by atoms with van der Waals surface area (Å²) in [5.74, 6) is -2.35. The molecule has 0 aromatic carbocycles. The molecule has 5 atom stereocenters. The van der Waals surface area contributed by atoms with Crippen molar-refractivity contribution < 1.29 is 80.2 Å². The summed E-state index contributed by atoms with van der Waals surface area (Å²) in [7, 11) is -9.98. The number of esters is 4. The molecule has 19 heteroatoms. The van der Waals surface area contributed by atoms with E-state index in [4.69, 9.17) is 37.0 Å². The van der Waals surface area contributed by atoms with E-state index in [-0.39, 0.29) is 25.7 Å². The van der Waals surface area contributed by atoms with Crippen LogP contribution in [0.4, 0.5) is 0 Å². The van der Waals surface area contributed by atoms with Crippen molar-refractivity contribution >= 4 is 39.5 Å². The smallest absolute Gasteiger partial charge is 0.462 e. The molecule has 0 aliphatic carbocycles. The first-order valence-corrected chi connectivity index (χ1v) is 40.8. The van der Waals surface area contributed by atoms with E-state index in [1.807, 2.05) is 18.2 Å². The number of unbranched alkanes of at least 4 members (excludes halogenated alkanes) is 25. The van der Waals surface area contributed by atoms with Crippen molar-refractivity contribution in [2.24, 2.45) is 0 Å². The van der Waals surface area contributed by atoms with Crippen LogP contribution in [0.1, 0.15) is 297 Å². The van der Waals surface area contributed by atoms with Crippen LogP contribution in [0.15, 0.2) is 122 Å². The van der Waals surface area contributed by atoms with Crippen LogP contribution in [0.3, 0.4) is 0 Å². The Morgan fingerprint density at radius 3 is 0.949 bits per heavy atom. The summed E-state index contributed by atoms with van der Waals surface area (Å²) < 4.78 is 68.3. The molecule has 3 N–H and O–H groups in total. The molecule has 0 aliphatic heterocycles. The second-order valence-corrected chi connectivity index (χ2v) is 27.7. The van der Waals surface area contributed by atoms with E-state index in [0.717, 1.165) is 167 Å². The number of hydrogen-bond acceptors (Lipinski definition) is 15. The summed E-state index contributed by atoms with van der Waals surface area (Å²) in [6.07, 6.45) is 76.6. The average Bonchev–Trinajstić information content (AvgIpc) is 0.982. The minimum atomic E-state index is -5.00. The zero-order valence-corrected chi connectivity index (χ0v) is 63.0. The van der Waals surface area contributed by atoms with Crippen molar-refractivity contribution in [3.63, 3.8) is 0 Å². The third kappa shape index (κ3) is 69.9. The van der Waals surface area contributed by atoms with E-state index in [1.54, 1.807) is 6.08 Å². The van der Waals surface area contributed by atoms with Gasteiger partial charge in [-0.15, -0.1) is 0 Å². The van der Waals surface area contributed by atoms with Crippen LogP contribution in [-0.2, 0) is 65.4 Å². The number of aliphatic hydroxyl groups is 1. The average molecular weight is 1420 g/mol. The van der Waals surface area contributed by atoms with Crippen molar-refractivity contribution in [1.82, 2.24) is 0 Å². The van der Waals surface area contributed by atoms with Crippen molar-refractivity contribution in [1.29, 1.82) is 0 Å². The third-order valence-corrected chi connectivity index (χ3v) is 17.3. The van der Waals surface area contributed by atoms with Gasteiger partial charge in [0.2, 0.25) is 0 Å². The second-order valence-electron chi connectivity index (χ2n) is 24.8. The van der Waals surface area contributed by atoms with E-state index in [0.29, 0.717) is 25.7 Å². The first-order valence-electron chi connectivity index (χ1n) is 37.8. The molecule has 0 heterocycles. The van der Waals surface area contributed by atoms with Crippen LogP contribution in [0.2, 0.25) is 0 Å². The van der Waals surface area contributed by atoms with Crippen molar-refractivity contribution in [2.45, 2.75) is 316 Å². The quantitative estimate of drug-likeness (QED) is 0.0169. The Bertz CT molecular complexity index is 2340. The fraction of sp³-hybridized carbons (Fsp3) is 0.696. The fourth-order valence-electron chi connectivity index (χ4n) is 9.69. The summed E-state index contributed by atoms with van der Waals surface area (Å²) in [5.41, 5.74) is 0. The van der Waals surface area contributed by atoms with Crippen LogP contribution < -0.4 is 0 Å². The number of phosphoric ester groups is 2. The number of ether oxygens (including phenoxy) is 4. The van der Waals surface area contributed by atoms with Gasteiger partial charge < -0.3 is 33.8 Å². The van der Waals surface area contributed by atoms with Crippen LogP contribution >= 0.6 is 15.6 Å². The predicted octanol–water partition coefficient (Wildman–Crippen LogP) is 21.6. The number of rotatable bonds is 70. The van der Waals surface area contributed by atoms with Crippen molar-refractivity contribution in [3.8, 4) is 0 Å². The Kier molecular flexibility index (Phi) is 67.6. The molecule has 0 rings (SSSR count). The molecule has 0 saturated carbocycles. The van der Waals surface area contributed by atoms with Crippen molar-refractivity contribution in [3.05, 3.63) is 122 Å². The molecule has 0 bridgehead atoms. The summed E-state index contributed by atoms with van der Waals surface area (Å²) in [4.78, 5) is 72.7. The lowest BCUT2D eigenvalue weighted by Crippen LogP contribution is -2.30.